The van der Waals surface area contributed by atoms with E-state index >= 15 is 0 Å². The highest BCUT2D eigenvalue weighted by Crippen LogP contribution is 2.35. The SMILES string of the molecule is C[N+](C)(C)CCNC(=O)c1ccc(-c2ccc(-c3cc4nc(O[C@@H]5CO[C@H]6[C@@H]5OC[C@H]6O)[nH]c4cc3Cl)cc2)cc1. The van der Waals surface area contributed by atoms with Gasteiger partial charge in [0.15, 0.2) is 6.10 Å². The summed E-state index contributed by atoms with van der Waals surface area (Å²) in [5, 5.41) is 13.5. The second kappa shape index (κ2) is 11.1. The standard InChI is InChI=1S/C31H33ClN4O5/c1-36(2,3)13-12-33-30(38)21-10-6-19(7-11-21)18-4-8-20(9-5-18)22-14-24-25(15-23(22)32)35-31(34-24)41-27-17-40-28-26(37)16-39-29(27)28/h4-11,14-15,26-29,37H,12-13,16-17H2,1-3H3,(H-,33,34,35,38)/p+1/t26-,27-,28-,29-/m1/s1. The molecule has 9 nitrogen and oxygen atoms in total. The molecule has 1 amide bonds. The van der Waals surface area contributed by atoms with Crippen molar-refractivity contribution in [1.82, 2.24) is 15.3 Å². The van der Waals surface area contributed by atoms with Crippen molar-refractivity contribution in [3.63, 3.8) is 0 Å². The number of benzene rings is 3. The molecule has 0 saturated carbocycles. The Bertz CT molecular complexity index is 1550. The maximum Gasteiger partial charge on any atom is 0.295 e. The van der Waals surface area contributed by atoms with Gasteiger partial charge in [0.25, 0.3) is 11.9 Å². The van der Waals surface area contributed by atoms with Crippen LogP contribution >= 0.6 is 11.6 Å². The molecule has 0 radical (unpaired) electrons. The van der Waals surface area contributed by atoms with Crippen LogP contribution in [0.25, 0.3) is 33.3 Å². The first-order valence-electron chi connectivity index (χ1n) is 13.7. The molecular formula is C31H34ClN4O5+. The Morgan fingerprint density at radius 1 is 1.02 bits per heavy atom. The molecule has 3 heterocycles. The zero-order valence-electron chi connectivity index (χ0n) is 23.3. The number of halogens is 1. The molecule has 0 aliphatic carbocycles. The van der Waals surface area contributed by atoms with Crippen LogP contribution in [0.5, 0.6) is 6.01 Å². The van der Waals surface area contributed by atoms with Crippen LogP contribution in [0.1, 0.15) is 10.4 Å². The third kappa shape index (κ3) is 5.95. The van der Waals surface area contributed by atoms with Crippen molar-refractivity contribution in [2.24, 2.45) is 0 Å². The first kappa shape index (κ1) is 27.7. The lowest BCUT2D eigenvalue weighted by molar-refractivity contribution is -0.869. The number of fused-ring (bicyclic) bond motifs is 2. The molecule has 0 bridgehead atoms. The van der Waals surface area contributed by atoms with Gasteiger partial charge in [-0.1, -0.05) is 48.0 Å². The number of aliphatic hydroxyl groups is 1. The second-order valence-electron chi connectivity index (χ2n) is 11.6. The third-order valence-corrected chi connectivity index (χ3v) is 7.85. The molecule has 0 spiro atoms. The summed E-state index contributed by atoms with van der Waals surface area (Å²) in [5.41, 5.74) is 6.00. The number of nitrogens with zero attached hydrogens (tertiary/aromatic N) is 2. The summed E-state index contributed by atoms with van der Waals surface area (Å²) in [5.74, 6) is -0.0660. The minimum absolute atomic E-state index is 0.0660. The van der Waals surface area contributed by atoms with Crippen molar-refractivity contribution in [1.29, 1.82) is 0 Å². The van der Waals surface area contributed by atoms with Crippen molar-refractivity contribution >= 4 is 28.5 Å². The van der Waals surface area contributed by atoms with Gasteiger partial charge in [-0.25, -0.2) is 0 Å². The number of carbonyl (C=O) groups is 1. The fourth-order valence-electron chi connectivity index (χ4n) is 5.24. The molecule has 6 rings (SSSR count). The Labute approximate surface area is 243 Å². The summed E-state index contributed by atoms with van der Waals surface area (Å²) in [4.78, 5) is 20.3. The van der Waals surface area contributed by atoms with E-state index in [1.165, 1.54) is 0 Å². The van der Waals surface area contributed by atoms with Gasteiger partial charge in [-0.2, -0.15) is 4.98 Å². The number of hydrogen-bond donors (Lipinski definition) is 3. The highest BCUT2D eigenvalue weighted by Gasteiger charge is 2.48. The Morgan fingerprint density at radius 3 is 2.39 bits per heavy atom. The van der Waals surface area contributed by atoms with Gasteiger partial charge < -0.3 is 34.1 Å². The molecular weight excluding hydrogens is 544 g/mol. The van der Waals surface area contributed by atoms with Crippen molar-refractivity contribution in [3.8, 4) is 28.3 Å². The maximum absolute atomic E-state index is 12.5. The first-order chi connectivity index (χ1) is 19.6. The smallest absolute Gasteiger partial charge is 0.295 e. The Morgan fingerprint density at radius 2 is 1.68 bits per heavy atom. The van der Waals surface area contributed by atoms with E-state index in [2.05, 4.69) is 36.4 Å². The minimum Gasteiger partial charge on any atom is -0.456 e. The Hall–Kier alpha value is -3.47. The van der Waals surface area contributed by atoms with Gasteiger partial charge in [0, 0.05) is 11.1 Å². The number of likely N-dealkylation sites (N-methyl/N-ethyl adjacent to an activating group) is 1. The minimum atomic E-state index is -0.634. The number of aromatic amines is 1. The predicted molar refractivity (Wildman–Crippen MR) is 157 cm³/mol. The highest BCUT2D eigenvalue weighted by atomic mass is 35.5. The summed E-state index contributed by atoms with van der Waals surface area (Å²) in [7, 11) is 6.30. The van der Waals surface area contributed by atoms with Crippen molar-refractivity contribution in [3.05, 3.63) is 71.2 Å². The molecule has 2 fully saturated rings. The molecule has 1 aromatic heterocycles. The van der Waals surface area contributed by atoms with E-state index in [9.17, 15) is 9.90 Å². The van der Waals surface area contributed by atoms with Crippen LogP contribution in [0.2, 0.25) is 5.02 Å². The predicted octanol–water partition coefficient (Wildman–Crippen LogP) is 3.89. The van der Waals surface area contributed by atoms with Crippen LogP contribution in [0.15, 0.2) is 60.7 Å². The summed E-state index contributed by atoms with van der Waals surface area (Å²) in [6.07, 6.45) is -1.67. The van der Waals surface area contributed by atoms with Crippen LogP contribution in [-0.4, -0.2) is 97.3 Å². The van der Waals surface area contributed by atoms with E-state index in [0.717, 1.165) is 44.3 Å². The van der Waals surface area contributed by atoms with Crippen LogP contribution in [0.3, 0.4) is 0 Å². The molecule has 214 valence electrons. The van der Waals surface area contributed by atoms with E-state index in [1.807, 2.05) is 60.7 Å². The molecule has 3 aromatic carbocycles. The molecule has 0 unspecified atom stereocenters. The number of rotatable bonds is 8. The monoisotopic (exact) mass is 577 g/mol. The van der Waals surface area contributed by atoms with E-state index in [1.54, 1.807) is 0 Å². The van der Waals surface area contributed by atoms with Gasteiger partial charge in [-0.05, 0) is 41.0 Å². The van der Waals surface area contributed by atoms with Crippen LogP contribution in [-0.2, 0) is 9.47 Å². The lowest BCUT2D eigenvalue weighted by atomic mass is 9.99. The number of aliphatic hydroxyl groups excluding tert-OH is 1. The lowest BCUT2D eigenvalue weighted by Gasteiger charge is -2.23. The number of hydrogen-bond acceptors (Lipinski definition) is 6. The van der Waals surface area contributed by atoms with E-state index in [0.29, 0.717) is 29.7 Å². The van der Waals surface area contributed by atoms with Crippen LogP contribution in [0, 0.1) is 0 Å². The quantitative estimate of drug-likeness (QED) is 0.274. The summed E-state index contributed by atoms with van der Waals surface area (Å²) >= 11 is 6.68. The lowest BCUT2D eigenvalue weighted by Crippen LogP contribution is -2.41. The number of amides is 1. The number of aromatic nitrogens is 2. The molecule has 2 aliphatic rings. The number of quaternary nitrogens is 1. The molecule has 10 heteroatoms. The number of imidazole rings is 1. The summed E-state index contributed by atoms with van der Waals surface area (Å²) in [6.45, 7) is 2.06. The number of H-pyrrole nitrogens is 1. The fraction of sp³-hybridized carbons (Fsp3) is 0.355. The topological polar surface area (TPSA) is 106 Å². The average Bonchev–Trinajstić information content (AvgIpc) is 3.64. The second-order valence-corrected chi connectivity index (χ2v) is 12.0. The third-order valence-electron chi connectivity index (χ3n) is 7.54. The molecule has 3 N–H and O–H groups in total. The maximum atomic E-state index is 12.5. The molecule has 4 atom stereocenters. The first-order valence-corrected chi connectivity index (χ1v) is 14.1. The van der Waals surface area contributed by atoms with Crippen molar-refractivity contribution in [2.45, 2.75) is 24.4 Å². The number of carbonyl (C=O) groups excluding carboxylic acids is 1. The Balaban J connectivity index is 1.14. The zero-order valence-corrected chi connectivity index (χ0v) is 24.0. The molecule has 4 aromatic rings. The van der Waals surface area contributed by atoms with E-state index in [-0.39, 0.29) is 30.8 Å². The van der Waals surface area contributed by atoms with Crippen LogP contribution in [0.4, 0.5) is 0 Å². The van der Waals surface area contributed by atoms with Gasteiger partial charge in [0.1, 0.15) is 18.3 Å². The van der Waals surface area contributed by atoms with Crippen molar-refractivity contribution in [2.75, 3.05) is 47.4 Å². The van der Waals surface area contributed by atoms with Crippen LogP contribution < -0.4 is 10.1 Å². The summed E-state index contributed by atoms with van der Waals surface area (Å²) < 4.78 is 18.1. The number of nitrogens with one attached hydrogen (secondary N) is 2. The van der Waals surface area contributed by atoms with Gasteiger partial charge in [0.05, 0.1) is 63.5 Å². The molecule has 2 saturated heterocycles. The molecule has 41 heavy (non-hydrogen) atoms. The normalized spacial score (nSPS) is 22.2. The van der Waals surface area contributed by atoms with E-state index in [4.69, 9.17) is 25.8 Å². The van der Waals surface area contributed by atoms with Crippen molar-refractivity contribution < 1.29 is 28.6 Å². The number of ether oxygens (including phenoxy) is 3. The van der Waals surface area contributed by atoms with Gasteiger partial charge in [-0.15, -0.1) is 0 Å². The largest absolute Gasteiger partial charge is 0.456 e. The highest BCUT2D eigenvalue weighted by molar-refractivity contribution is 6.34. The van der Waals surface area contributed by atoms with Gasteiger partial charge >= 0.3 is 0 Å². The summed E-state index contributed by atoms with van der Waals surface area (Å²) in [6, 6.07) is 19.9. The Kier molecular flexibility index (Phi) is 7.48. The molecule has 2 aliphatic heterocycles. The van der Waals surface area contributed by atoms with E-state index < -0.39 is 6.10 Å². The van der Waals surface area contributed by atoms with Gasteiger partial charge in [-0.3, -0.25) is 4.79 Å². The average molecular weight is 578 g/mol. The zero-order chi connectivity index (χ0) is 28.7. The fourth-order valence-corrected chi connectivity index (χ4v) is 5.51. The van der Waals surface area contributed by atoms with Gasteiger partial charge in [0.2, 0.25) is 0 Å².